The van der Waals surface area contributed by atoms with Crippen molar-refractivity contribution < 1.29 is 22.8 Å². The summed E-state index contributed by atoms with van der Waals surface area (Å²) in [5.74, 6) is -1.28. The minimum Gasteiger partial charge on any atom is -0.459 e. The van der Waals surface area contributed by atoms with Crippen LogP contribution < -0.4 is 0 Å². The van der Waals surface area contributed by atoms with Crippen molar-refractivity contribution in [1.82, 2.24) is 9.80 Å². The van der Waals surface area contributed by atoms with E-state index in [1.54, 1.807) is 17.0 Å². The molecule has 138 valence electrons. The van der Waals surface area contributed by atoms with Gasteiger partial charge in [-0.05, 0) is 25.1 Å². The first-order chi connectivity index (χ1) is 12.5. The standard InChI is InChI=1S/C18H18F2N2O3S/c1-2-21(17(24)15-4-3-9-25-15)7-8-22-16(23)11-26-18(22)13-6-5-12(19)10-14(13)20/h3-6,9-10,18H,2,7-8,11H2,1H3/t18-/m0/s1. The second-order valence-electron chi connectivity index (χ2n) is 5.78. The van der Waals surface area contributed by atoms with Crippen molar-refractivity contribution >= 4 is 23.6 Å². The Hall–Kier alpha value is -2.35. The number of likely N-dealkylation sites (N-methyl/N-ethyl adjacent to an activating group) is 1. The molecule has 1 aromatic carbocycles. The quantitative estimate of drug-likeness (QED) is 0.772. The van der Waals surface area contributed by atoms with Gasteiger partial charge >= 0.3 is 0 Å². The van der Waals surface area contributed by atoms with E-state index in [1.165, 1.54) is 35.1 Å². The van der Waals surface area contributed by atoms with Crippen LogP contribution >= 0.6 is 11.8 Å². The van der Waals surface area contributed by atoms with Gasteiger partial charge in [-0.15, -0.1) is 11.8 Å². The Bertz CT molecular complexity index is 798. The van der Waals surface area contributed by atoms with Crippen molar-refractivity contribution in [3.63, 3.8) is 0 Å². The molecule has 26 heavy (non-hydrogen) atoms. The third-order valence-corrected chi connectivity index (χ3v) is 5.45. The molecule has 0 N–H and O–H groups in total. The van der Waals surface area contributed by atoms with E-state index >= 15 is 0 Å². The van der Waals surface area contributed by atoms with Crippen molar-refractivity contribution in [2.75, 3.05) is 25.4 Å². The molecule has 2 aromatic rings. The summed E-state index contributed by atoms with van der Waals surface area (Å²) in [7, 11) is 0. The van der Waals surface area contributed by atoms with Gasteiger partial charge in [0.15, 0.2) is 5.76 Å². The van der Waals surface area contributed by atoms with Crippen LogP contribution in [-0.2, 0) is 4.79 Å². The first-order valence-electron chi connectivity index (χ1n) is 8.20. The lowest BCUT2D eigenvalue weighted by Crippen LogP contribution is -2.40. The van der Waals surface area contributed by atoms with Gasteiger partial charge in [-0.2, -0.15) is 0 Å². The van der Waals surface area contributed by atoms with Gasteiger partial charge in [0.1, 0.15) is 17.0 Å². The van der Waals surface area contributed by atoms with Gasteiger partial charge < -0.3 is 14.2 Å². The topological polar surface area (TPSA) is 53.8 Å². The minimum atomic E-state index is -0.679. The van der Waals surface area contributed by atoms with E-state index in [2.05, 4.69) is 0 Å². The van der Waals surface area contributed by atoms with E-state index < -0.39 is 17.0 Å². The highest BCUT2D eigenvalue weighted by molar-refractivity contribution is 8.00. The molecular weight excluding hydrogens is 362 g/mol. The number of furan rings is 1. The van der Waals surface area contributed by atoms with Crippen LogP contribution in [0.4, 0.5) is 8.78 Å². The molecule has 0 unspecified atom stereocenters. The molecule has 5 nitrogen and oxygen atoms in total. The van der Waals surface area contributed by atoms with Gasteiger partial charge in [-0.1, -0.05) is 6.07 Å². The van der Waals surface area contributed by atoms with Crippen molar-refractivity contribution in [2.24, 2.45) is 0 Å². The van der Waals surface area contributed by atoms with Crippen LogP contribution in [0.5, 0.6) is 0 Å². The van der Waals surface area contributed by atoms with Crippen molar-refractivity contribution in [3.05, 3.63) is 59.6 Å². The summed E-state index contributed by atoms with van der Waals surface area (Å²) in [5.41, 5.74) is 0.266. The number of nitrogens with zero attached hydrogens (tertiary/aromatic N) is 2. The second kappa shape index (κ2) is 7.90. The van der Waals surface area contributed by atoms with Crippen LogP contribution in [0.1, 0.15) is 28.4 Å². The van der Waals surface area contributed by atoms with E-state index in [0.29, 0.717) is 13.1 Å². The number of amides is 2. The van der Waals surface area contributed by atoms with Gasteiger partial charge in [0.25, 0.3) is 5.91 Å². The zero-order valence-electron chi connectivity index (χ0n) is 14.2. The van der Waals surface area contributed by atoms with Crippen LogP contribution in [0, 0.1) is 11.6 Å². The van der Waals surface area contributed by atoms with Crippen molar-refractivity contribution in [1.29, 1.82) is 0 Å². The number of carbonyl (C=O) groups is 2. The van der Waals surface area contributed by atoms with Crippen LogP contribution in [0.3, 0.4) is 0 Å². The van der Waals surface area contributed by atoms with E-state index in [0.717, 1.165) is 6.07 Å². The highest BCUT2D eigenvalue weighted by Crippen LogP contribution is 2.39. The van der Waals surface area contributed by atoms with Crippen LogP contribution in [0.25, 0.3) is 0 Å². The number of thioether (sulfide) groups is 1. The molecule has 2 heterocycles. The zero-order chi connectivity index (χ0) is 18.7. The zero-order valence-corrected chi connectivity index (χ0v) is 15.0. The lowest BCUT2D eigenvalue weighted by Gasteiger charge is -2.28. The number of hydrogen-bond donors (Lipinski definition) is 0. The fourth-order valence-corrected chi connectivity index (χ4v) is 4.08. The largest absolute Gasteiger partial charge is 0.459 e. The molecule has 0 radical (unpaired) electrons. The maximum absolute atomic E-state index is 14.1. The molecule has 1 aliphatic rings. The first-order valence-corrected chi connectivity index (χ1v) is 9.25. The summed E-state index contributed by atoms with van der Waals surface area (Å²) in [6.07, 6.45) is 1.43. The monoisotopic (exact) mass is 380 g/mol. The van der Waals surface area contributed by atoms with Crippen LogP contribution in [0.2, 0.25) is 0 Å². The molecule has 8 heteroatoms. The SMILES string of the molecule is CCN(CCN1C(=O)CS[C@H]1c1ccc(F)cc1F)C(=O)c1ccco1. The molecule has 2 amide bonds. The Morgan fingerprint density at radius 3 is 2.85 bits per heavy atom. The Kier molecular flexibility index (Phi) is 5.61. The molecule has 3 rings (SSSR count). The summed E-state index contributed by atoms with van der Waals surface area (Å²) in [6.45, 7) is 2.83. The molecule has 0 spiro atoms. The summed E-state index contributed by atoms with van der Waals surface area (Å²) >= 11 is 1.29. The van der Waals surface area contributed by atoms with Gasteiger partial charge in [-0.3, -0.25) is 9.59 Å². The maximum Gasteiger partial charge on any atom is 0.289 e. The predicted octanol–water partition coefficient (Wildman–Crippen LogP) is 3.29. The molecular formula is C18H18F2N2O3S. The lowest BCUT2D eigenvalue weighted by atomic mass is 10.2. The molecule has 1 fully saturated rings. The smallest absolute Gasteiger partial charge is 0.289 e. The van der Waals surface area contributed by atoms with Crippen molar-refractivity contribution in [3.8, 4) is 0 Å². The normalized spacial score (nSPS) is 17.0. The molecule has 1 saturated heterocycles. The fourth-order valence-electron chi connectivity index (χ4n) is 2.84. The molecule has 1 aromatic heterocycles. The molecule has 1 atom stereocenters. The molecule has 0 bridgehead atoms. The van der Waals surface area contributed by atoms with E-state index in [9.17, 15) is 18.4 Å². The highest BCUT2D eigenvalue weighted by Gasteiger charge is 2.34. The number of rotatable bonds is 6. The highest BCUT2D eigenvalue weighted by atomic mass is 32.2. The molecule has 0 saturated carbocycles. The van der Waals surface area contributed by atoms with Gasteiger partial charge in [0.05, 0.1) is 12.0 Å². The first kappa shape index (κ1) is 18.4. The summed E-state index contributed by atoms with van der Waals surface area (Å²) in [5, 5.41) is -0.527. The second-order valence-corrected chi connectivity index (χ2v) is 6.85. The average Bonchev–Trinajstić information content (AvgIpc) is 3.26. The Labute approximate surface area is 153 Å². The average molecular weight is 380 g/mol. The van der Waals surface area contributed by atoms with Crippen molar-refractivity contribution in [2.45, 2.75) is 12.3 Å². The van der Waals surface area contributed by atoms with E-state index in [4.69, 9.17) is 4.42 Å². The number of benzene rings is 1. The lowest BCUT2D eigenvalue weighted by molar-refractivity contribution is -0.128. The predicted molar refractivity (Wildman–Crippen MR) is 93.6 cm³/mol. The molecule has 1 aliphatic heterocycles. The Morgan fingerprint density at radius 2 is 2.19 bits per heavy atom. The third-order valence-electron chi connectivity index (χ3n) is 4.21. The summed E-state index contributed by atoms with van der Waals surface area (Å²) in [6, 6.07) is 6.57. The minimum absolute atomic E-state index is 0.134. The van der Waals surface area contributed by atoms with Crippen LogP contribution in [0.15, 0.2) is 41.0 Å². The number of carbonyl (C=O) groups excluding carboxylic acids is 2. The summed E-state index contributed by atoms with van der Waals surface area (Å²) < 4.78 is 32.4. The molecule has 0 aliphatic carbocycles. The van der Waals surface area contributed by atoms with Gasteiger partial charge in [-0.25, -0.2) is 8.78 Å². The Morgan fingerprint density at radius 1 is 1.38 bits per heavy atom. The number of hydrogen-bond acceptors (Lipinski definition) is 4. The third kappa shape index (κ3) is 3.75. The summed E-state index contributed by atoms with van der Waals surface area (Å²) in [4.78, 5) is 27.7. The van der Waals surface area contributed by atoms with E-state index in [-0.39, 0.29) is 35.4 Å². The van der Waals surface area contributed by atoms with Gasteiger partial charge in [0.2, 0.25) is 5.91 Å². The van der Waals surface area contributed by atoms with Gasteiger partial charge in [0, 0.05) is 31.3 Å². The van der Waals surface area contributed by atoms with E-state index in [1.807, 2.05) is 6.92 Å². The van der Waals surface area contributed by atoms with Crippen LogP contribution in [-0.4, -0.2) is 47.0 Å². The Balaban J connectivity index is 1.72. The maximum atomic E-state index is 14.1. The number of halogens is 2. The fraction of sp³-hybridized carbons (Fsp3) is 0.333.